The normalized spacial score (nSPS) is 9.40. The van der Waals surface area contributed by atoms with Crippen LogP contribution < -0.4 is 5.73 Å². The van der Waals surface area contributed by atoms with Gasteiger partial charge in [-0.3, -0.25) is 4.79 Å². The summed E-state index contributed by atoms with van der Waals surface area (Å²) in [7, 11) is 1.28. The Labute approximate surface area is 92.2 Å². The van der Waals surface area contributed by atoms with E-state index in [9.17, 15) is 4.79 Å². The number of nitrogens with two attached hydrogens (primary N) is 1. The Morgan fingerprint density at radius 1 is 1.67 bits per heavy atom. The molecular formula is C10H9ClN2O2. The van der Waals surface area contributed by atoms with Gasteiger partial charge in [0.05, 0.1) is 24.8 Å². The molecular weight excluding hydrogens is 216 g/mol. The van der Waals surface area contributed by atoms with Crippen LogP contribution in [0.3, 0.4) is 0 Å². The number of nitrogens with zero attached hydrogens (tertiary/aromatic N) is 1. The summed E-state index contributed by atoms with van der Waals surface area (Å²) in [6, 6.07) is 4.94. The molecule has 0 amide bonds. The Morgan fingerprint density at radius 3 is 2.87 bits per heavy atom. The molecule has 0 bridgehead atoms. The van der Waals surface area contributed by atoms with E-state index in [0.29, 0.717) is 10.6 Å². The van der Waals surface area contributed by atoms with Gasteiger partial charge in [0.25, 0.3) is 0 Å². The zero-order chi connectivity index (χ0) is 11.4. The zero-order valence-corrected chi connectivity index (χ0v) is 8.84. The number of rotatable bonds is 2. The first-order chi connectivity index (χ1) is 7.08. The van der Waals surface area contributed by atoms with Crippen LogP contribution in [0.4, 0.5) is 5.69 Å². The average molecular weight is 225 g/mol. The molecule has 0 aliphatic rings. The lowest BCUT2D eigenvalue weighted by molar-refractivity contribution is -0.139. The van der Waals surface area contributed by atoms with E-state index in [0.717, 1.165) is 0 Å². The monoisotopic (exact) mass is 224 g/mol. The van der Waals surface area contributed by atoms with Gasteiger partial charge in [-0.1, -0.05) is 11.6 Å². The number of carbonyl (C=O) groups excluding carboxylic acids is 1. The summed E-state index contributed by atoms with van der Waals surface area (Å²) in [6.45, 7) is 0. The number of nitriles is 1. The molecule has 4 nitrogen and oxygen atoms in total. The lowest BCUT2D eigenvalue weighted by atomic mass is 10.0. The average Bonchev–Trinajstić information content (AvgIpc) is 2.17. The number of hydrogen-bond donors (Lipinski definition) is 1. The van der Waals surface area contributed by atoms with Crippen LogP contribution in [0.5, 0.6) is 0 Å². The summed E-state index contributed by atoms with van der Waals surface area (Å²) in [6.07, 6.45) is -0.00977. The van der Waals surface area contributed by atoms with Gasteiger partial charge in [-0.15, -0.1) is 0 Å². The Hall–Kier alpha value is -1.73. The molecule has 0 aromatic heterocycles. The molecule has 0 saturated heterocycles. The SMILES string of the molecule is COC(=O)Cc1cc(Cl)cc(N)c1C#N. The fourth-order valence-electron chi connectivity index (χ4n) is 1.19. The first-order valence-corrected chi connectivity index (χ1v) is 4.51. The van der Waals surface area contributed by atoms with Gasteiger partial charge in [0, 0.05) is 5.02 Å². The molecule has 5 heteroatoms. The van der Waals surface area contributed by atoms with Crippen molar-refractivity contribution < 1.29 is 9.53 Å². The number of esters is 1. The molecule has 1 rings (SSSR count). The zero-order valence-electron chi connectivity index (χ0n) is 8.08. The van der Waals surface area contributed by atoms with E-state index in [4.69, 9.17) is 22.6 Å². The van der Waals surface area contributed by atoms with Crippen LogP contribution in [0.15, 0.2) is 12.1 Å². The van der Waals surface area contributed by atoms with Crippen molar-refractivity contribution in [2.45, 2.75) is 6.42 Å². The predicted octanol–water partition coefficient (Wildman–Crippen LogP) is 1.51. The van der Waals surface area contributed by atoms with Crippen LogP contribution in [0.1, 0.15) is 11.1 Å². The van der Waals surface area contributed by atoms with Crippen LogP contribution in [-0.2, 0) is 16.0 Å². The highest BCUT2D eigenvalue weighted by Gasteiger charge is 2.11. The van der Waals surface area contributed by atoms with Crippen molar-refractivity contribution in [2.24, 2.45) is 0 Å². The maximum atomic E-state index is 11.1. The molecule has 0 fully saturated rings. The van der Waals surface area contributed by atoms with Crippen LogP contribution >= 0.6 is 11.6 Å². The molecule has 0 heterocycles. The summed E-state index contributed by atoms with van der Waals surface area (Å²) in [5.41, 5.74) is 6.61. The highest BCUT2D eigenvalue weighted by atomic mass is 35.5. The molecule has 0 aliphatic heterocycles. The van der Waals surface area contributed by atoms with Gasteiger partial charge in [-0.05, 0) is 17.7 Å². The smallest absolute Gasteiger partial charge is 0.310 e. The number of benzene rings is 1. The molecule has 2 N–H and O–H groups in total. The molecule has 0 aliphatic carbocycles. The molecule has 0 saturated carbocycles. The van der Waals surface area contributed by atoms with Crippen LogP contribution in [0, 0.1) is 11.3 Å². The van der Waals surface area contributed by atoms with Crippen molar-refractivity contribution in [3.8, 4) is 6.07 Å². The Balaban J connectivity index is 3.16. The van der Waals surface area contributed by atoms with Crippen molar-refractivity contribution >= 4 is 23.3 Å². The number of methoxy groups -OCH3 is 1. The van der Waals surface area contributed by atoms with Gasteiger partial charge in [-0.2, -0.15) is 5.26 Å². The number of halogens is 1. The van der Waals surface area contributed by atoms with E-state index >= 15 is 0 Å². The number of anilines is 1. The van der Waals surface area contributed by atoms with Gasteiger partial charge in [0.2, 0.25) is 0 Å². The van der Waals surface area contributed by atoms with Gasteiger partial charge in [0.1, 0.15) is 6.07 Å². The second-order valence-electron chi connectivity index (χ2n) is 2.89. The van der Waals surface area contributed by atoms with Crippen LogP contribution in [0.25, 0.3) is 0 Å². The van der Waals surface area contributed by atoms with Crippen LogP contribution in [0.2, 0.25) is 5.02 Å². The molecule has 15 heavy (non-hydrogen) atoms. The maximum Gasteiger partial charge on any atom is 0.310 e. The van der Waals surface area contributed by atoms with Crippen molar-refractivity contribution in [1.82, 2.24) is 0 Å². The van der Waals surface area contributed by atoms with Gasteiger partial charge in [-0.25, -0.2) is 0 Å². The highest BCUT2D eigenvalue weighted by Crippen LogP contribution is 2.23. The summed E-state index contributed by atoms with van der Waals surface area (Å²) in [4.78, 5) is 11.1. The minimum absolute atomic E-state index is 0.00977. The fourth-order valence-corrected chi connectivity index (χ4v) is 1.44. The third-order valence-electron chi connectivity index (χ3n) is 1.89. The van der Waals surface area contributed by atoms with Crippen molar-refractivity contribution in [2.75, 3.05) is 12.8 Å². The number of carbonyl (C=O) groups is 1. The molecule has 0 spiro atoms. The Kier molecular flexibility index (Phi) is 3.53. The second kappa shape index (κ2) is 4.67. The van der Waals surface area contributed by atoms with E-state index < -0.39 is 5.97 Å². The molecule has 78 valence electrons. The molecule has 0 radical (unpaired) electrons. The first kappa shape index (κ1) is 11.3. The van der Waals surface area contributed by atoms with Crippen molar-refractivity contribution in [1.29, 1.82) is 5.26 Å². The summed E-state index contributed by atoms with van der Waals surface area (Å²) in [5.74, 6) is -0.437. The van der Waals surface area contributed by atoms with Crippen molar-refractivity contribution in [3.05, 3.63) is 28.3 Å². The number of ether oxygens (including phenoxy) is 1. The topological polar surface area (TPSA) is 76.1 Å². The number of hydrogen-bond acceptors (Lipinski definition) is 4. The van der Waals surface area contributed by atoms with Gasteiger partial charge < -0.3 is 10.5 Å². The quantitative estimate of drug-likeness (QED) is 0.610. The lowest BCUT2D eigenvalue weighted by Gasteiger charge is -2.06. The van der Waals surface area contributed by atoms with Crippen molar-refractivity contribution in [3.63, 3.8) is 0 Å². The molecule has 0 atom stereocenters. The maximum absolute atomic E-state index is 11.1. The van der Waals surface area contributed by atoms with E-state index in [1.807, 2.05) is 6.07 Å². The van der Waals surface area contributed by atoms with Gasteiger partial charge in [0.15, 0.2) is 0 Å². The Morgan fingerprint density at radius 2 is 2.33 bits per heavy atom. The highest BCUT2D eigenvalue weighted by molar-refractivity contribution is 6.31. The summed E-state index contributed by atoms with van der Waals surface area (Å²) in [5, 5.41) is 9.24. The largest absolute Gasteiger partial charge is 0.469 e. The van der Waals surface area contributed by atoms with Gasteiger partial charge >= 0.3 is 5.97 Å². The molecule has 1 aromatic carbocycles. The van der Waals surface area contributed by atoms with Crippen LogP contribution in [-0.4, -0.2) is 13.1 Å². The first-order valence-electron chi connectivity index (χ1n) is 4.13. The van der Waals surface area contributed by atoms with E-state index in [1.54, 1.807) is 0 Å². The predicted molar refractivity (Wildman–Crippen MR) is 56.3 cm³/mol. The minimum atomic E-state index is -0.437. The lowest BCUT2D eigenvalue weighted by Crippen LogP contribution is -2.07. The molecule has 0 unspecified atom stereocenters. The second-order valence-corrected chi connectivity index (χ2v) is 3.33. The number of nitrogen functional groups attached to an aromatic ring is 1. The van der Waals surface area contributed by atoms with E-state index in [1.165, 1.54) is 19.2 Å². The minimum Gasteiger partial charge on any atom is -0.469 e. The third kappa shape index (κ3) is 2.61. The van der Waals surface area contributed by atoms with E-state index in [-0.39, 0.29) is 17.7 Å². The summed E-state index contributed by atoms with van der Waals surface area (Å²) >= 11 is 5.76. The third-order valence-corrected chi connectivity index (χ3v) is 2.11. The Bertz CT molecular complexity index is 438. The van der Waals surface area contributed by atoms with E-state index in [2.05, 4.69) is 4.74 Å². The fraction of sp³-hybridized carbons (Fsp3) is 0.200. The standard InChI is InChI=1S/C10H9ClN2O2/c1-15-10(14)3-6-2-7(11)4-9(13)8(6)5-12/h2,4H,3,13H2,1H3. The summed E-state index contributed by atoms with van der Waals surface area (Å²) < 4.78 is 4.50. The molecule has 1 aromatic rings.